The van der Waals surface area contributed by atoms with Crippen molar-refractivity contribution >= 4 is 23.7 Å². The van der Waals surface area contributed by atoms with Gasteiger partial charge in [-0.1, -0.05) is 41.6 Å². The van der Waals surface area contributed by atoms with E-state index in [1.807, 2.05) is 25.9 Å². The molecule has 2 rings (SSSR count). The lowest BCUT2D eigenvalue weighted by molar-refractivity contribution is 0.863. The van der Waals surface area contributed by atoms with Crippen LogP contribution in [0.4, 0.5) is 11.9 Å². The van der Waals surface area contributed by atoms with Crippen molar-refractivity contribution < 1.29 is 0 Å². The SMILES string of the molecule is CCNc1nc(SCc2cccc(C)c2)nc(N(C)C)n1. The summed E-state index contributed by atoms with van der Waals surface area (Å²) in [6, 6.07) is 8.49. The van der Waals surface area contributed by atoms with Crippen LogP contribution in [0.1, 0.15) is 18.1 Å². The molecule has 0 atom stereocenters. The van der Waals surface area contributed by atoms with E-state index < -0.39 is 0 Å². The molecule has 0 aliphatic carbocycles. The lowest BCUT2D eigenvalue weighted by Crippen LogP contribution is -2.15. The van der Waals surface area contributed by atoms with Crippen molar-refractivity contribution in [3.63, 3.8) is 0 Å². The Morgan fingerprint density at radius 2 is 2.00 bits per heavy atom. The third kappa shape index (κ3) is 4.60. The fourth-order valence-corrected chi connectivity index (χ4v) is 2.57. The van der Waals surface area contributed by atoms with Gasteiger partial charge >= 0.3 is 0 Å². The van der Waals surface area contributed by atoms with Crippen molar-refractivity contribution in [3.05, 3.63) is 35.4 Å². The third-order valence-electron chi connectivity index (χ3n) is 2.79. The number of benzene rings is 1. The molecule has 0 unspecified atom stereocenters. The van der Waals surface area contributed by atoms with E-state index in [1.54, 1.807) is 11.8 Å². The average Bonchev–Trinajstić information content (AvgIpc) is 2.45. The molecule has 2 aromatic rings. The summed E-state index contributed by atoms with van der Waals surface area (Å²) in [5.74, 6) is 2.15. The molecule has 6 heteroatoms. The number of nitrogens with one attached hydrogen (secondary N) is 1. The zero-order valence-electron chi connectivity index (χ0n) is 12.9. The van der Waals surface area contributed by atoms with E-state index in [9.17, 15) is 0 Å². The van der Waals surface area contributed by atoms with Crippen LogP contribution in [0.2, 0.25) is 0 Å². The number of anilines is 2. The highest BCUT2D eigenvalue weighted by atomic mass is 32.2. The summed E-state index contributed by atoms with van der Waals surface area (Å²) in [7, 11) is 3.86. The van der Waals surface area contributed by atoms with E-state index >= 15 is 0 Å². The van der Waals surface area contributed by atoms with Gasteiger partial charge in [0.2, 0.25) is 11.9 Å². The number of thioether (sulfide) groups is 1. The van der Waals surface area contributed by atoms with Gasteiger partial charge in [0.15, 0.2) is 5.16 Å². The first-order valence-corrected chi connectivity index (χ1v) is 7.92. The molecule has 1 N–H and O–H groups in total. The van der Waals surface area contributed by atoms with Gasteiger partial charge in [0, 0.05) is 26.4 Å². The van der Waals surface area contributed by atoms with Crippen LogP contribution in [0, 0.1) is 6.92 Å². The van der Waals surface area contributed by atoms with Crippen LogP contribution < -0.4 is 10.2 Å². The molecule has 21 heavy (non-hydrogen) atoms. The number of nitrogens with zero attached hydrogens (tertiary/aromatic N) is 4. The van der Waals surface area contributed by atoms with Gasteiger partial charge in [0.25, 0.3) is 0 Å². The van der Waals surface area contributed by atoms with Crippen molar-refractivity contribution in [2.75, 3.05) is 30.9 Å². The van der Waals surface area contributed by atoms with Crippen molar-refractivity contribution in [3.8, 4) is 0 Å². The minimum absolute atomic E-state index is 0.628. The Kier molecular flexibility index (Phi) is 5.38. The van der Waals surface area contributed by atoms with E-state index in [-0.39, 0.29) is 0 Å². The summed E-state index contributed by atoms with van der Waals surface area (Å²) in [6.07, 6.45) is 0. The lowest BCUT2D eigenvalue weighted by atomic mass is 10.2. The van der Waals surface area contributed by atoms with Gasteiger partial charge in [-0.3, -0.25) is 0 Å². The molecule has 0 amide bonds. The Hall–Kier alpha value is -1.82. The molecule has 0 aliphatic rings. The smallest absolute Gasteiger partial charge is 0.230 e. The number of hydrogen-bond acceptors (Lipinski definition) is 6. The van der Waals surface area contributed by atoms with E-state index in [0.29, 0.717) is 11.9 Å². The highest BCUT2D eigenvalue weighted by Gasteiger charge is 2.08. The fraction of sp³-hybridized carbons (Fsp3) is 0.400. The molecular weight excluding hydrogens is 282 g/mol. The molecule has 0 spiro atoms. The first-order valence-electron chi connectivity index (χ1n) is 6.94. The van der Waals surface area contributed by atoms with Gasteiger partial charge in [0.1, 0.15) is 0 Å². The maximum Gasteiger partial charge on any atom is 0.230 e. The Morgan fingerprint density at radius 1 is 1.19 bits per heavy atom. The number of rotatable bonds is 6. The summed E-state index contributed by atoms with van der Waals surface area (Å²) < 4.78 is 0. The van der Waals surface area contributed by atoms with Gasteiger partial charge in [-0.2, -0.15) is 15.0 Å². The van der Waals surface area contributed by atoms with E-state index in [1.165, 1.54) is 11.1 Å². The number of aromatic nitrogens is 3. The van der Waals surface area contributed by atoms with E-state index in [0.717, 1.165) is 17.5 Å². The largest absolute Gasteiger partial charge is 0.354 e. The summed E-state index contributed by atoms with van der Waals surface area (Å²) in [5, 5.41) is 3.89. The van der Waals surface area contributed by atoms with Crippen LogP contribution in [0.15, 0.2) is 29.4 Å². The molecule has 0 saturated heterocycles. The van der Waals surface area contributed by atoms with Crippen LogP contribution in [-0.2, 0) is 5.75 Å². The highest BCUT2D eigenvalue weighted by Crippen LogP contribution is 2.22. The molecule has 0 saturated carbocycles. The number of hydrogen-bond donors (Lipinski definition) is 1. The van der Waals surface area contributed by atoms with Crippen LogP contribution in [0.25, 0.3) is 0 Å². The predicted octanol–water partition coefficient (Wildman–Crippen LogP) is 2.97. The molecule has 0 aliphatic heterocycles. The molecule has 0 bridgehead atoms. The van der Waals surface area contributed by atoms with Gasteiger partial charge in [0.05, 0.1) is 0 Å². The second kappa shape index (κ2) is 7.26. The fourth-order valence-electron chi connectivity index (χ4n) is 1.80. The second-order valence-electron chi connectivity index (χ2n) is 4.94. The first-order chi connectivity index (χ1) is 10.1. The van der Waals surface area contributed by atoms with E-state index in [2.05, 4.69) is 51.5 Å². The summed E-state index contributed by atoms with van der Waals surface area (Å²) >= 11 is 1.62. The standard InChI is InChI=1S/C15H21N5S/c1-5-16-13-17-14(20(3)4)19-15(18-13)21-10-12-8-6-7-11(2)9-12/h6-9H,5,10H2,1-4H3,(H,16,17,18,19). The van der Waals surface area contributed by atoms with Crippen molar-refractivity contribution in [1.82, 2.24) is 15.0 Å². The zero-order chi connectivity index (χ0) is 15.2. The zero-order valence-corrected chi connectivity index (χ0v) is 13.7. The monoisotopic (exact) mass is 303 g/mol. The molecular formula is C15H21N5S. The summed E-state index contributed by atoms with van der Waals surface area (Å²) in [4.78, 5) is 15.2. The quantitative estimate of drug-likeness (QED) is 0.828. The van der Waals surface area contributed by atoms with Crippen LogP contribution in [-0.4, -0.2) is 35.6 Å². The Morgan fingerprint density at radius 3 is 2.67 bits per heavy atom. The lowest BCUT2D eigenvalue weighted by Gasteiger charge is -2.12. The molecule has 5 nitrogen and oxygen atoms in total. The molecule has 0 fully saturated rings. The van der Waals surface area contributed by atoms with Crippen LogP contribution >= 0.6 is 11.8 Å². The Labute approximate surface area is 130 Å². The van der Waals surface area contributed by atoms with Gasteiger partial charge in [-0.25, -0.2) is 0 Å². The van der Waals surface area contributed by atoms with Gasteiger partial charge < -0.3 is 10.2 Å². The summed E-state index contributed by atoms with van der Waals surface area (Å²) in [6.45, 7) is 4.92. The maximum atomic E-state index is 4.48. The minimum Gasteiger partial charge on any atom is -0.354 e. The van der Waals surface area contributed by atoms with Crippen LogP contribution in [0.3, 0.4) is 0 Å². The number of aryl methyl sites for hydroxylation is 1. The highest BCUT2D eigenvalue weighted by molar-refractivity contribution is 7.98. The first kappa shape index (κ1) is 15.6. The topological polar surface area (TPSA) is 53.9 Å². The van der Waals surface area contributed by atoms with Crippen LogP contribution in [0.5, 0.6) is 0 Å². The average molecular weight is 303 g/mol. The second-order valence-corrected chi connectivity index (χ2v) is 5.89. The molecule has 0 radical (unpaired) electrons. The van der Waals surface area contributed by atoms with Crippen molar-refractivity contribution in [1.29, 1.82) is 0 Å². The molecule has 112 valence electrons. The summed E-state index contributed by atoms with van der Waals surface area (Å²) in [5.41, 5.74) is 2.54. The Bertz CT molecular complexity index is 600. The molecule has 1 aromatic carbocycles. The normalized spacial score (nSPS) is 10.5. The van der Waals surface area contributed by atoms with E-state index in [4.69, 9.17) is 0 Å². The van der Waals surface area contributed by atoms with Crippen molar-refractivity contribution in [2.24, 2.45) is 0 Å². The molecule has 1 heterocycles. The minimum atomic E-state index is 0.628. The Balaban J connectivity index is 2.14. The molecule has 1 aromatic heterocycles. The van der Waals surface area contributed by atoms with Gasteiger partial charge in [-0.15, -0.1) is 0 Å². The third-order valence-corrected chi connectivity index (χ3v) is 3.71. The van der Waals surface area contributed by atoms with Crippen molar-refractivity contribution in [2.45, 2.75) is 24.8 Å². The predicted molar refractivity (Wildman–Crippen MR) is 89.1 cm³/mol. The van der Waals surface area contributed by atoms with Gasteiger partial charge in [-0.05, 0) is 19.4 Å². The maximum absolute atomic E-state index is 4.48.